The summed E-state index contributed by atoms with van der Waals surface area (Å²) in [6.45, 7) is 7.59. The quantitative estimate of drug-likeness (QED) is 0.199. The Kier molecular flexibility index (Phi) is 13.0. The van der Waals surface area contributed by atoms with Gasteiger partial charge in [-0.2, -0.15) is 0 Å². The van der Waals surface area contributed by atoms with Crippen LogP contribution in [0.15, 0.2) is 82.6 Å². The summed E-state index contributed by atoms with van der Waals surface area (Å²) in [5.41, 5.74) is 1.05. The molecule has 3 aromatic carbocycles. The van der Waals surface area contributed by atoms with Gasteiger partial charge in [0.25, 0.3) is 10.0 Å². The van der Waals surface area contributed by atoms with Gasteiger partial charge >= 0.3 is 0 Å². The molecule has 0 aliphatic rings. The first kappa shape index (κ1) is 34.8. The highest BCUT2D eigenvalue weighted by Crippen LogP contribution is 2.28. The van der Waals surface area contributed by atoms with E-state index in [0.717, 1.165) is 21.2 Å². The van der Waals surface area contributed by atoms with Gasteiger partial charge in [-0.15, -0.1) is 11.8 Å². The van der Waals surface area contributed by atoms with E-state index in [1.165, 1.54) is 28.8 Å². The molecule has 1 N–H and O–H groups in total. The highest BCUT2D eigenvalue weighted by atomic mass is 32.2. The van der Waals surface area contributed by atoms with Crippen molar-refractivity contribution in [3.8, 4) is 11.5 Å². The predicted octanol–water partition coefficient (Wildman–Crippen LogP) is 5.73. The molecule has 0 spiro atoms. The summed E-state index contributed by atoms with van der Waals surface area (Å²) >= 11 is 1.50. The van der Waals surface area contributed by atoms with E-state index < -0.39 is 28.5 Å². The lowest BCUT2D eigenvalue weighted by atomic mass is 10.1. The summed E-state index contributed by atoms with van der Waals surface area (Å²) in [5.74, 6) is 0.384. The minimum absolute atomic E-state index is 0.0536. The van der Waals surface area contributed by atoms with Gasteiger partial charge in [-0.05, 0) is 99.2 Å². The zero-order valence-corrected chi connectivity index (χ0v) is 27.9. The normalized spacial score (nSPS) is 12.6. The number of nitrogens with one attached hydrogen (secondary N) is 1. The standard InChI is InChI=1S/C33H43N3O6S2/c1-7-24(4)34-33(38)31(8-2)35(22-25-11-10-12-28(21-25)41-5)32(37)23-36(26-13-15-27(16-14-26)42-9-3)44(39,40)30-19-17-29(43-6)18-20-30/h10-21,24,31H,7-9,22-23H2,1-6H3,(H,34,38)/t24-,31-/m0/s1. The van der Waals surface area contributed by atoms with Crippen LogP contribution in [0.4, 0.5) is 5.69 Å². The smallest absolute Gasteiger partial charge is 0.264 e. The van der Waals surface area contributed by atoms with Gasteiger partial charge in [0.15, 0.2) is 0 Å². The van der Waals surface area contributed by atoms with E-state index in [2.05, 4.69) is 5.32 Å². The zero-order chi connectivity index (χ0) is 32.3. The Morgan fingerprint density at radius 2 is 1.61 bits per heavy atom. The van der Waals surface area contributed by atoms with Crippen LogP contribution >= 0.6 is 11.8 Å². The average molecular weight is 642 g/mol. The molecule has 0 aromatic heterocycles. The third-order valence-electron chi connectivity index (χ3n) is 7.24. The lowest BCUT2D eigenvalue weighted by molar-refractivity contribution is -0.140. The van der Waals surface area contributed by atoms with Crippen molar-refractivity contribution in [2.45, 2.75) is 69.0 Å². The number of ether oxygens (including phenoxy) is 2. The molecule has 238 valence electrons. The van der Waals surface area contributed by atoms with Crippen LogP contribution in [0.25, 0.3) is 0 Å². The number of rotatable bonds is 16. The molecule has 3 rings (SSSR count). The molecule has 2 atom stereocenters. The molecule has 0 saturated carbocycles. The van der Waals surface area contributed by atoms with Crippen molar-refractivity contribution in [1.82, 2.24) is 10.2 Å². The molecule has 0 saturated heterocycles. The summed E-state index contributed by atoms with van der Waals surface area (Å²) in [6.07, 6.45) is 2.97. The van der Waals surface area contributed by atoms with Crippen LogP contribution in [0.1, 0.15) is 46.1 Å². The van der Waals surface area contributed by atoms with Crippen LogP contribution in [0, 0.1) is 0 Å². The minimum atomic E-state index is -4.18. The second kappa shape index (κ2) is 16.4. The van der Waals surface area contributed by atoms with Crippen LogP contribution in [0.3, 0.4) is 0 Å². The molecule has 3 aromatic rings. The second-order valence-electron chi connectivity index (χ2n) is 10.2. The summed E-state index contributed by atoms with van der Waals surface area (Å²) in [7, 11) is -2.62. The molecule has 0 unspecified atom stereocenters. The third-order valence-corrected chi connectivity index (χ3v) is 9.77. The van der Waals surface area contributed by atoms with Crippen molar-refractivity contribution in [2.75, 3.05) is 30.8 Å². The second-order valence-corrected chi connectivity index (χ2v) is 13.0. The van der Waals surface area contributed by atoms with Gasteiger partial charge in [0, 0.05) is 17.5 Å². The Balaban J connectivity index is 2.08. The van der Waals surface area contributed by atoms with Crippen molar-refractivity contribution >= 4 is 39.3 Å². The maximum absolute atomic E-state index is 14.3. The van der Waals surface area contributed by atoms with Crippen molar-refractivity contribution in [2.24, 2.45) is 0 Å². The molecule has 0 radical (unpaired) electrons. The fraction of sp³-hybridized carbons (Fsp3) is 0.394. The number of carbonyl (C=O) groups excluding carboxylic acids is 2. The zero-order valence-electron chi connectivity index (χ0n) is 26.3. The van der Waals surface area contributed by atoms with Gasteiger partial charge in [-0.25, -0.2) is 8.42 Å². The third kappa shape index (κ3) is 8.92. The average Bonchev–Trinajstić information content (AvgIpc) is 3.04. The van der Waals surface area contributed by atoms with Crippen molar-refractivity contribution in [3.63, 3.8) is 0 Å². The summed E-state index contributed by atoms with van der Waals surface area (Å²) in [6, 6.07) is 19.5. The van der Waals surface area contributed by atoms with Crippen molar-refractivity contribution in [1.29, 1.82) is 0 Å². The van der Waals surface area contributed by atoms with Crippen LogP contribution in [0.5, 0.6) is 11.5 Å². The molecule has 0 aliphatic carbocycles. The predicted molar refractivity (Wildman–Crippen MR) is 176 cm³/mol. The van der Waals surface area contributed by atoms with E-state index in [9.17, 15) is 18.0 Å². The number of methoxy groups -OCH3 is 1. The number of hydrogen-bond acceptors (Lipinski definition) is 7. The van der Waals surface area contributed by atoms with E-state index in [0.29, 0.717) is 30.2 Å². The molecule has 11 heteroatoms. The maximum atomic E-state index is 14.3. The Labute approximate surface area is 266 Å². The lowest BCUT2D eigenvalue weighted by Gasteiger charge is -2.33. The van der Waals surface area contributed by atoms with Crippen LogP contribution in [-0.4, -0.2) is 63.7 Å². The molecule has 9 nitrogen and oxygen atoms in total. The number of sulfonamides is 1. The van der Waals surface area contributed by atoms with Gasteiger partial charge in [0.05, 0.1) is 24.3 Å². The SMILES string of the molecule is CCOc1ccc(N(CC(=O)N(Cc2cccc(OC)c2)[C@@H](CC)C(=O)N[C@@H](C)CC)S(=O)(=O)c2ccc(SC)cc2)cc1. The summed E-state index contributed by atoms with van der Waals surface area (Å²) in [5, 5.41) is 2.99. The first-order valence-electron chi connectivity index (χ1n) is 14.7. The number of hydrogen-bond donors (Lipinski definition) is 1. The van der Waals surface area contributed by atoms with E-state index in [4.69, 9.17) is 9.47 Å². The monoisotopic (exact) mass is 641 g/mol. The Bertz CT molecular complexity index is 1480. The number of thioether (sulfide) groups is 1. The Hall–Kier alpha value is -3.70. The number of nitrogens with zero attached hydrogens (tertiary/aromatic N) is 2. The van der Waals surface area contributed by atoms with Gasteiger partial charge in [0.2, 0.25) is 11.8 Å². The van der Waals surface area contributed by atoms with E-state index >= 15 is 0 Å². The fourth-order valence-electron chi connectivity index (χ4n) is 4.61. The van der Waals surface area contributed by atoms with Crippen LogP contribution in [-0.2, 0) is 26.2 Å². The molecule has 2 amide bonds. The Morgan fingerprint density at radius 1 is 0.932 bits per heavy atom. The van der Waals surface area contributed by atoms with E-state index in [-0.39, 0.29) is 23.4 Å². The highest BCUT2D eigenvalue weighted by Gasteiger charge is 2.34. The molecular formula is C33H43N3O6S2. The summed E-state index contributed by atoms with van der Waals surface area (Å²) in [4.78, 5) is 30.2. The fourth-order valence-corrected chi connectivity index (χ4v) is 6.43. The van der Waals surface area contributed by atoms with Gasteiger partial charge in [-0.1, -0.05) is 26.0 Å². The maximum Gasteiger partial charge on any atom is 0.264 e. The van der Waals surface area contributed by atoms with Crippen LogP contribution < -0.4 is 19.1 Å². The lowest BCUT2D eigenvalue weighted by Crippen LogP contribution is -2.53. The minimum Gasteiger partial charge on any atom is -0.497 e. The van der Waals surface area contributed by atoms with E-state index in [1.807, 2.05) is 46.1 Å². The van der Waals surface area contributed by atoms with Gasteiger partial charge in [0.1, 0.15) is 24.1 Å². The Morgan fingerprint density at radius 3 is 2.18 bits per heavy atom. The molecule has 0 fully saturated rings. The molecule has 0 heterocycles. The first-order chi connectivity index (χ1) is 21.1. The summed E-state index contributed by atoms with van der Waals surface area (Å²) < 4.78 is 40.3. The van der Waals surface area contributed by atoms with Crippen molar-refractivity contribution in [3.05, 3.63) is 78.4 Å². The van der Waals surface area contributed by atoms with E-state index in [1.54, 1.807) is 55.6 Å². The molecule has 0 aliphatic heterocycles. The largest absolute Gasteiger partial charge is 0.497 e. The van der Waals surface area contributed by atoms with Gasteiger partial charge < -0.3 is 19.7 Å². The van der Waals surface area contributed by atoms with Crippen LogP contribution in [0.2, 0.25) is 0 Å². The number of anilines is 1. The molecule has 44 heavy (non-hydrogen) atoms. The number of amides is 2. The number of carbonyl (C=O) groups is 2. The number of benzene rings is 3. The first-order valence-corrected chi connectivity index (χ1v) is 17.4. The highest BCUT2D eigenvalue weighted by molar-refractivity contribution is 7.98. The molecule has 0 bridgehead atoms. The van der Waals surface area contributed by atoms with Gasteiger partial charge in [-0.3, -0.25) is 13.9 Å². The molecular weight excluding hydrogens is 599 g/mol. The topological polar surface area (TPSA) is 105 Å². The van der Waals surface area contributed by atoms with Crippen molar-refractivity contribution < 1.29 is 27.5 Å².